The number of amides is 1. The number of carbonyl (C=O) groups is 1. The van der Waals surface area contributed by atoms with Gasteiger partial charge in [-0.3, -0.25) is 4.79 Å². The Morgan fingerprint density at radius 3 is 2.73 bits per heavy atom. The number of likely N-dealkylation sites (N-methyl/N-ethyl adjacent to an activating group) is 1. The van der Waals surface area contributed by atoms with E-state index in [-0.39, 0.29) is 12.7 Å². The Balaban J connectivity index is 1.64. The molecule has 30 heavy (non-hydrogen) atoms. The fourth-order valence-electron chi connectivity index (χ4n) is 4.13. The fourth-order valence-corrected chi connectivity index (χ4v) is 4.13. The molecule has 2 aliphatic heterocycles. The minimum atomic E-state index is -0.0271. The third-order valence-electron chi connectivity index (χ3n) is 5.60. The van der Waals surface area contributed by atoms with Crippen molar-refractivity contribution in [1.29, 1.82) is 0 Å². The van der Waals surface area contributed by atoms with Crippen molar-refractivity contribution >= 4 is 16.7 Å². The molecule has 0 unspecified atom stereocenters. The summed E-state index contributed by atoms with van der Waals surface area (Å²) in [6, 6.07) is 13.9. The minimum absolute atomic E-state index is 0.0271. The molecule has 0 fully saturated rings. The summed E-state index contributed by atoms with van der Waals surface area (Å²) < 4.78 is 17.3. The molecule has 0 spiro atoms. The molecule has 3 aromatic carbocycles. The number of nitrogens with one attached hydrogen (secondary N) is 1. The molecule has 0 saturated heterocycles. The maximum atomic E-state index is 12.6. The van der Waals surface area contributed by atoms with Crippen LogP contribution in [0.15, 0.2) is 42.5 Å². The molecule has 0 bridgehead atoms. The number of benzene rings is 3. The second-order valence-corrected chi connectivity index (χ2v) is 7.86. The van der Waals surface area contributed by atoms with Gasteiger partial charge in [-0.1, -0.05) is 18.2 Å². The van der Waals surface area contributed by atoms with E-state index in [1.54, 1.807) is 0 Å². The van der Waals surface area contributed by atoms with Gasteiger partial charge in [0.1, 0.15) is 12.4 Å². The molecule has 3 aromatic rings. The molecule has 154 valence electrons. The van der Waals surface area contributed by atoms with Crippen molar-refractivity contribution in [3.05, 3.63) is 53.6 Å². The van der Waals surface area contributed by atoms with E-state index in [0.717, 1.165) is 63.2 Å². The molecule has 6 nitrogen and oxygen atoms in total. The maximum Gasteiger partial charge on any atom is 0.251 e. The van der Waals surface area contributed by atoms with E-state index in [1.807, 2.05) is 44.4 Å². The number of ether oxygens (including phenoxy) is 3. The van der Waals surface area contributed by atoms with Gasteiger partial charge < -0.3 is 24.4 Å². The first-order valence-corrected chi connectivity index (χ1v) is 10.2. The predicted molar refractivity (Wildman–Crippen MR) is 116 cm³/mol. The molecule has 0 aliphatic carbocycles. The number of nitrogens with zero attached hydrogens (tertiary/aromatic N) is 1. The first-order valence-electron chi connectivity index (χ1n) is 10.2. The van der Waals surface area contributed by atoms with E-state index in [1.165, 1.54) is 0 Å². The monoisotopic (exact) mass is 404 g/mol. The average molecular weight is 404 g/mol. The highest BCUT2D eigenvalue weighted by Gasteiger charge is 2.27. The summed E-state index contributed by atoms with van der Waals surface area (Å²) in [6.45, 7) is 2.33. The number of hydrogen-bond donors (Lipinski definition) is 1. The zero-order chi connectivity index (χ0) is 20.7. The van der Waals surface area contributed by atoms with Gasteiger partial charge >= 0.3 is 0 Å². The van der Waals surface area contributed by atoms with Gasteiger partial charge in [0.25, 0.3) is 5.91 Å². The Morgan fingerprint density at radius 1 is 1.10 bits per heavy atom. The van der Waals surface area contributed by atoms with Gasteiger partial charge in [-0.05, 0) is 66.9 Å². The Kier molecular flexibility index (Phi) is 4.71. The van der Waals surface area contributed by atoms with Crippen LogP contribution < -0.4 is 19.5 Å². The smallest absolute Gasteiger partial charge is 0.251 e. The molecule has 1 N–H and O–H groups in total. The van der Waals surface area contributed by atoms with Crippen LogP contribution in [0.4, 0.5) is 0 Å². The summed E-state index contributed by atoms with van der Waals surface area (Å²) in [5.74, 6) is 2.30. The van der Waals surface area contributed by atoms with E-state index in [0.29, 0.717) is 13.2 Å². The van der Waals surface area contributed by atoms with Crippen molar-refractivity contribution in [3.8, 4) is 28.4 Å². The first kappa shape index (κ1) is 18.8. The maximum absolute atomic E-state index is 12.6. The van der Waals surface area contributed by atoms with E-state index in [4.69, 9.17) is 14.2 Å². The molecule has 5 rings (SSSR count). The van der Waals surface area contributed by atoms with Crippen molar-refractivity contribution in [2.75, 3.05) is 40.6 Å². The summed E-state index contributed by atoms with van der Waals surface area (Å²) in [7, 11) is 4.05. The van der Waals surface area contributed by atoms with Crippen LogP contribution in [0.25, 0.3) is 21.9 Å². The Hall–Kier alpha value is -3.25. The van der Waals surface area contributed by atoms with E-state index in [2.05, 4.69) is 22.3 Å². The van der Waals surface area contributed by atoms with Gasteiger partial charge in [0.05, 0.1) is 0 Å². The highest BCUT2D eigenvalue weighted by Crippen LogP contribution is 2.46. The molecular weight excluding hydrogens is 380 g/mol. The van der Waals surface area contributed by atoms with E-state index >= 15 is 0 Å². The number of carbonyl (C=O) groups excluding carboxylic acids is 1. The van der Waals surface area contributed by atoms with Crippen molar-refractivity contribution in [3.63, 3.8) is 0 Å². The van der Waals surface area contributed by atoms with Crippen molar-refractivity contribution < 1.29 is 19.0 Å². The fraction of sp³-hybridized carbons (Fsp3) is 0.292. The van der Waals surface area contributed by atoms with Crippen molar-refractivity contribution in [1.82, 2.24) is 10.2 Å². The lowest BCUT2D eigenvalue weighted by Gasteiger charge is -2.23. The van der Waals surface area contributed by atoms with Crippen LogP contribution in [0.3, 0.4) is 0 Å². The normalized spacial score (nSPS) is 14.7. The number of rotatable bonds is 5. The van der Waals surface area contributed by atoms with Crippen LogP contribution in [0, 0.1) is 0 Å². The first-order chi connectivity index (χ1) is 14.6. The molecule has 0 radical (unpaired) electrons. The summed E-state index contributed by atoms with van der Waals surface area (Å²) in [5, 5.41) is 4.93. The molecule has 0 saturated carbocycles. The standard InChI is InChI=1S/C24H24N2O4/c1-26(2)11-12-28-17-6-3-15(4-7-17)21-18-9-10-25-24(27)19(18)13-16-5-8-20-23(22(16)21)30-14-29-20/h3-8,13H,9-12,14H2,1-2H3,(H,25,27). The van der Waals surface area contributed by atoms with Crippen LogP contribution in [-0.2, 0) is 6.42 Å². The van der Waals surface area contributed by atoms with Gasteiger partial charge in [-0.25, -0.2) is 0 Å². The van der Waals surface area contributed by atoms with Crippen molar-refractivity contribution in [2.45, 2.75) is 6.42 Å². The topological polar surface area (TPSA) is 60.0 Å². The summed E-state index contributed by atoms with van der Waals surface area (Å²) in [4.78, 5) is 14.7. The molecular formula is C24H24N2O4. The average Bonchev–Trinajstić information content (AvgIpc) is 3.22. The third-order valence-corrected chi connectivity index (χ3v) is 5.60. The molecule has 6 heteroatoms. The van der Waals surface area contributed by atoms with Crippen LogP contribution in [-0.4, -0.2) is 51.4 Å². The molecule has 2 aliphatic rings. The Labute approximate surface area is 175 Å². The van der Waals surface area contributed by atoms with Crippen LogP contribution >= 0.6 is 0 Å². The van der Waals surface area contributed by atoms with Gasteiger partial charge in [0.2, 0.25) is 6.79 Å². The largest absolute Gasteiger partial charge is 0.492 e. The number of fused-ring (bicyclic) bond motifs is 4. The van der Waals surface area contributed by atoms with Crippen LogP contribution in [0.2, 0.25) is 0 Å². The Bertz CT molecular complexity index is 1120. The third kappa shape index (κ3) is 3.23. The second-order valence-electron chi connectivity index (χ2n) is 7.86. The summed E-state index contributed by atoms with van der Waals surface area (Å²) in [6.07, 6.45) is 0.776. The minimum Gasteiger partial charge on any atom is -0.492 e. The lowest BCUT2D eigenvalue weighted by atomic mass is 9.86. The van der Waals surface area contributed by atoms with E-state index < -0.39 is 0 Å². The van der Waals surface area contributed by atoms with Gasteiger partial charge in [-0.2, -0.15) is 0 Å². The van der Waals surface area contributed by atoms with Crippen LogP contribution in [0.5, 0.6) is 17.2 Å². The molecule has 2 heterocycles. The zero-order valence-electron chi connectivity index (χ0n) is 17.2. The Morgan fingerprint density at radius 2 is 1.93 bits per heavy atom. The van der Waals surface area contributed by atoms with Gasteiger partial charge in [0.15, 0.2) is 11.5 Å². The van der Waals surface area contributed by atoms with Crippen molar-refractivity contribution in [2.24, 2.45) is 0 Å². The predicted octanol–water partition coefficient (Wildman–Crippen LogP) is 3.46. The SMILES string of the molecule is CN(C)CCOc1ccc(-c2c3c(cc4ccc5c(c24)OCO5)C(=O)NCC3)cc1. The second kappa shape index (κ2) is 7.54. The van der Waals surface area contributed by atoms with Gasteiger partial charge in [-0.15, -0.1) is 0 Å². The van der Waals surface area contributed by atoms with E-state index in [9.17, 15) is 4.79 Å². The summed E-state index contributed by atoms with van der Waals surface area (Å²) in [5.41, 5.74) is 3.86. The van der Waals surface area contributed by atoms with Crippen LogP contribution in [0.1, 0.15) is 15.9 Å². The molecule has 0 atom stereocenters. The quantitative estimate of drug-likeness (QED) is 0.706. The zero-order valence-corrected chi connectivity index (χ0v) is 17.2. The molecule has 0 aromatic heterocycles. The summed E-state index contributed by atoms with van der Waals surface area (Å²) >= 11 is 0. The molecule has 1 amide bonds. The lowest BCUT2D eigenvalue weighted by molar-refractivity contribution is 0.0946. The highest BCUT2D eigenvalue weighted by atomic mass is 16.7. The highest BCUT2D eigenvalue weighted by molar-refractivity contribution is 6.10. The number of hydrogen-bond acceptors (Lipinski definition) is 5. The lowest BCUT2D eigenvalue weighted by Crippen LogP contribution is -2.32. The van der Waals surface area contributed by atoms with Gasteiger partial charge in [0, 0.05) is 24.0 Å².